The van der Waals surface area contributed by atoms with Crippen molar-refractivity contribution in [1.29, 1.82) is 0 Å². The molecule has 1 unspecified atom stereocenters. The summed E-state index contributed by atoms with van der Waals surface area (Å²) in [5.41, 5.74) is -0.859. The molecular weight excluding hydrogens is 258 g/mol. The van der Waals surface area contributed by atoms with E-state index in [1.807, 2.05) is 0 Å². The first-order chi connectivity index (χ1) is 9.39. The molecule has 0 heterocycles. The molecule has 20 heavy (non-hydrogen) atoms. The predicted octanol–water partition coefficient (Wildman–Crippen LogP) is 1.72. The number of Topliss-reactive ketones (excluding diaryl/α,β-unsaturated/α-hetero) is 1. The lowest BCUT2D eigenvalue weighted by Crippen LogP contribution is -2.53. The molecule has 108 valence electrons. The largest absolute Gasteiger partial charge is 0.464 e. The molecule has 0 aliphatic rings. The van der Waals surface area contributed by atoms with E-state index in [0.717, 1.165) is 0 Å². The van der Waals surface area contributed by atoms with Gasteiger partial charge in [0.25, 0.3) is 0 Å². The van der Waals surface area contributed by atoms with Crippen LogP contribution < -0.4 is 5.32 Å². The summed E-state index contributed by atoms with van der Waals surface area (Å²) in [7, 11) is 0. The highest BCUT2D eigenvalue weighted by molar-refractivity contribution is 6.01. The van der Waals surface area contributed by atoms with Crippen LogP contribution in [0.2, 0.25) is 0 Å². The Hall–Kier alpha value is -2.17. The Morgan fingerprint density at radius 2 is 1.80 bits per heavy atom. The minimum absolute atomic E-state index is 0.143. The molecule has 5 nitrogen and oxygen atoms in total. The number of ether oxygens (including phenoxy) is 1. The van der Waals surface area contributed by atoms with Crippen LogP contribution in [-0.2, 0) is 14.3 Å². The van der Waals surface area contributed by atoms with Crippen LogP contribution in [0.3, 0.4) is 0 Å². The summed E-state index contributed by atoms with van der Waals surface area (Å²) >= 11 is 0. The van der Waals surface area contributed by atoms with Crippen molar-refractivity contribution in [3.8, 4) is 0 Å². The lowest BCUT2D eigenvalue weighted by atomic mass is 9.92. The van der Waals surface area contributed by atoms with Crippen molar-refractivity contribution < 1.29 is 19.1 Å². The van der Waals surface area contributed by atoms with Gasteiger partial charge < -0.3 is 10.1 Å². The summed E-state index contributed by atoms with van der Waals surface area (Å²) in [6.45, 7) is 4.65. The quantitative estimate of drug-likeness (QED) is 0.634. The molecule has 1 amide bonds. The smallest absolute Gasteiger partial charge is 0.332 e. The highest BCUT2D eigenvalue weighted by Gasteiger charge is 2.38. The molecule has 0 fully saturated rings. The van der Waals surface area contributed by atoms with Gasteiger partial charge in [-0.1, -0.05) is 30.3 Å². The first kappa shape index (κ1) is 15.9. The van der Waals surface area contributed by atoms with Crippen LogP contribution in [0.25, 0.3) is 0 Å². The molecule has 1 rings (SSSR count). The van der Waals surface area contributed by atoms with Crippen molar-refractivity contribution in [2.45, 2.75) is 32.7 Å². The third kappa shape index (κ3) is 4.19. The Morgan fingerprint density at radius 1 is 1.20 bits per heavy atom. The van der Waals surface area contributed by atoms with Crippen molar-refractivity contribution in [3.63, 3.8) is 0 Å². The summed E-state index contributed by atoms with van der Waals surface area (Å²) in [5.74, 6) is -1.23. The molecule has 0 radical (unpaired) electrons. The number of carbonyl (C=O) groups excluding carboxylic acids is 3. The number of esters is 1. The maximum Gasteiger partial charge on any atom is 0.332 e. The second kappa shape index (κ2) is 6.84. The maximum atomic E-state index is 12.2. The van der Waals surface area contributed by atoms with Gasteiger partial charge in [0.2, 0.25) is 5.91 Å². The lowest BCUT2D eigenvalue weighted by molar-refractivity contribution is -0.152. The highest BCUT2D eigenvalue weighted by Crippen LogP contribution is 2.16. The minimum atomic E-state index is -1.35. The number of amides is 1. The standard InChI is InChI=1S/C15H19NO4/c1-4-20-14(19)15(3,16-11(2)17)10-13(18)12-8-6-5-7-9-12/h5-9H,4,10H2,1-3H3,(H,16,17). The third-order valence-electron chi connectivity index (χ3n) is 2.79. The van der Waals surface area contributed by atoms with E-state index in [1.54, 1.807) is 37.3 Å². The molecular formula is C15H19NO4. The average molecular weight is 277 g/mol. The maximum absolute atomic E-state index is 12.2. The van der Waals surface area contributed by atoms with Gasteiger partial charge in [-0.25, -0.2) is 4.79 Å². The zero-order valence-corrected chi connectivity index (χ0v) is 11.9. The van der Waals surface area contributed by atoms with Gasteiger partial charge in [-0.05, 0) is 13.8 Å². The number of ketones is 1. The first-order valence-electron chi connectivity index (χ1n) is 6.43. The molecule has 1 atom stereocenters. The van der Waals surface area contributed by atoms with E-state index in [9.17, 15) is 14.4 Å². The summed E-state index contributed by atoms with van der Waals surface area (Å²) < 4.78 is 4.94. The van der Waals surface area contributed by atoms with Gasteiger partial charge in [0.1, 0.15) is 5.54 Å². The second-order valence-electron chi connectivity index (χ2n) is 4.70. The zero-order chi connectivity index (χ0) is 15.2. The number of benzene rings is 1. The Balaban J connectivity index is 2.92. The van der Waals surface area contributed by atoms with Crippen molar-refractivity contribution >= 4 is 17.7 Å². The molecule has 1 N–H and O–H groups in total. The van der Waals surface area contributed by atoms with Crippen molar-refractivity contribution in [1.82, 2.24) is 5.32 Å². The van der Waals surface area contributed by atoms with Crippen LogP contribution in [0.1, 0.15) is 37.6 Å². The average Bonchev–Trinajstić information content (AvgIpc) is 2.39. The van der Waals surface area contributed by atoms with Crippen LogP contribution in [0.5, 0.6) is 0 Å². The van der Waals surface area contributed by atoms with Gasteiger partial charge >= 0.3 is 5.97 Å². The van der Waals surface area contributed by atoms with Crippen molar-refractivity contribution in [3.05, 3.63) is 35.9 Å². The summed E-state index contributed by atoms with van der Waals surface area (Å²) in [4.78, 5) is 35.4. The Kier molecular flexibility index (Phi) is 5.43. The van der Waals surface area contributed by atoms with Gasteiger partial charge in [0.05, 0.1) is 6.61 Å². The fourth-order valence-corrected chi connectivity index (χ4v) is 1.89. The monoisotopic (exact) mass is 277 g/mol. The normalized spacial score (nSPS) is 13.2. The molecule has 0 bridgehead atoms. The number of carbonyl (C=O) groups is 3. The Labute approximate surface area is 118 Å². The van der Waals surface area contributed by atoms with Gasteiger partial charge in [0.15, 0.2) is 5.78 Å². The van der Waals surface area contributed by atoms with Gasteiger partial charge in [-0.3, -0.25) is 9.59 Å². The highest BCUT2D eigenvalue weighted by atomic mass is 16.5. The first-order valence-corrected chi connectivity index (χ1v) is 6.43. The number of hydrogen-bond acceptors (Lipinski definition) is 4. The van der Waals surface area contributed by atoms with Crippen LogP contribution in [0.4, 0.5) is 0 Å². The Morgan fingerprint density at radius 3 is 2.30 bits per heavy atom. The molecule has 0 aliphatic heterocycles. The molecule has 1 aromatic rings. The summed E-state index contributed by atoms with van der Waals surface area (Å²) in [5, 5.41) is 2.51. The molecule has 0 aliphatic carbocycles. The summed E-state index contributed by atoms with van der Waals surface area (Å²) in [6, 6.07) is 8.62. The number of nitrogens with one attached hydrogen (secondary N) is 1. The SMILES string of the molecule is CCOC(=O)C(C)(CC(=O)c1ccccc1)NC(C)=O. The van der Waals surface area contributed by atoms with Gasteiger partial charge in [-0.2, -0.15) is 0 Å². The minimum Gasteiger partial charge on any atom is -0.464 e. The van der Waals surface area contributed by atoms with E-state index in [-0.39, 0.29) is 24.7 Å². The number of hydrogen-bond donors (Lipinski definition) is 1. The van der Waals surface area contributed by atoms with E-state index in [0.29, 0.717) is 5.56 Å². The molecule has 0 saturated heterocycles. The third-order valence-corrected chi connectivity index (χ3v) is 2.79. The predicted molar refractivity (Wildman–Crippen MR) is 74.2 cm³/mol. The van der Waals surface area contributed by atoms with E-state index in [4.69, 9.17) is 4.74 Å². The molecule has 0 spiro atoms. The summed E-state index contributed by atoms with van der Waals surface area (Å²) in [6.07, 6.45) is -0.143. The topological polar surface area (TPSA) is 72.5 Å². The number of rotatable bonds is 6. The van der Waals surface area contributed by atoms with Gasteiger partial charge in [0, 0.05) is 18.9 Å². The van der Waals surface area contributed by atoms with Crippen LogP contribution in [-0.4, -0.2) is 29.8 Å². The Bertz CT molecular complexity index is 498. The molecule has 0 saturated carbocycles. The molecule has 5 heteroatoms. The fourth-order valence-electron chi connectivity index (χ4n) is 1.89. The van der Waals surface area contributed by atoms with Crippen LogP contribution in [0.15, 0.2) is 30.3 Å². The van der Waals surface area contributed by atoms with Gasteiger partial charge in [-0.15, -0.1) is 0 Å². The van der Waals surface area contributed by atoms with Crippen LogP contribution in [0, 0.1) is 0 Å². The van der Waals surface area contributed by atoms with E-state index < -0.39 is 11.5 Å². The van der Waals surface area contributed by atoms with Crippen LogP contribution >= 0.6 is 0 Å². The van der Waals surface area contributed by atoms with Crippen molar-refractivity contribution in [2.75, 3.05) is 6.61 Å². The lowest BCUT2D eigenvalue weighted by Gasteiger charge is -2.27. The molecule has 1 aromatic carbocycles. The zero-order valence-electron chi connectivity index (χ0n) is 11.9. The van der Waals surface area contributed by atoms with E-state index in [2.05, 4.69) is 5.32 Å². The van der Waals surface area contributed by atoms with E-state index >= 15 is 0 Å². The molecule has 0 aromatic heterocycles. The van der Waals surface area contributed by atoms with Crippen molar-refractivity contribution in [2.24, 2.45) is 0 Å². The second-order valence-corrected chi connectivity index (χ2v) is 4.70. The van der Waals surface area contributed by atoms with E-state index in [1.165, 1.54) is 13.8 Å². The fraction of sp³-hybridized carbons (Fsp3) is 0.400.